The maximum atomic E-state index is 11.6. The van der Waals surface area contributed by atoms with Gasteiger partial charge in [0.25, 0.3) is 0 Å². The maximum absolute atomic E-state index is 11.6. The van der Waals surface area contributed by atoms with Crippen molar-refractivity contribution in [3.63, 3.8) is 0 Å². The Morgan fingerprint density at radius 1 is 1.50 bits per heavy atom. The number of ketones is 1. The lowest BCUT2D eigenvalue weighted by Crippen LogP contribution is -2.42. The van der Waals surface area contributed by atoms with Crippen LogP contribution in [0.2, 0.25) is 0 Å². The number of carbonyl (C=O) groups excluding carboxylic acids is 1. The van der Waals surface area contributed by atoms with E-state index in [2.05, 4.69) is 0 Å². The number of carbonyl (C=O) groups is 1. The van der Waals surface area contributed by atoms with Gasteiger partial charge in [0.1, 0.15) is 17.1 Å². The van der Waals surface area contributed by atoms with Crippen LogP contribution in [0.4, 0.5) is 0 Å². The summed E-state index contributed by atoms with van der Waals surface area (Å²) in [5.74, 6) is 0.0371. The Balaban J connectivity index is 4.10. The molecule has 0 aliphatic heterocycles. The maximum Gasteiger partial charge on any atom is 0.148 e. The van der Waals surface area contributed by atoms with E-state index in [1.165, 1.54) is 6.92 Å². The molecule has 3 nitrogen and oxygen atoms in total. The van der Waals surface area contributed by atoms with E-state index in [9.17, 15) is 9.35 Å². The van der Waals surface area contributed by atoms with Crippen molar-refractivity contribution < 1.29 is 9.35 Å². The smallest absolute Gasteiger partial charge is 0.148 e. The second-order valence-electron chi connectivity index (χ2n) is 3.85. The van der Waals surface area contributed by atoms with Crippen LogP contribution in [0.5, 0.6) is 0 Å². The minimum atomic E-state index is -1.09. The zero-order valence-corrected chi connectivity index (χ0v) is 9.20. The van der Waals surface area contributed by atoms with Crippen LogP contribution in [-0.2, 0) is 16.2 Å². The largest absolute Gasteiger partial charge is 0.597 e. The zero-order valence-electron chi connectivity index (χ0n) is 8.38. The Morgan fingerprint density at radius 3 is 2.17 bits per heavy atom. The SMILES string of the molecule is CC(=O)CN(C)[S+]([O-])C(C)(C)C. The number of hydrogen-bond acceptors (Lipinski definition) is 3. The first-order valence-corrected chi connectivity index (χ1v) is 4.98. The van der Waals surface area contributed by atoms with Crippen LogP contribution >= 0.6 is 0 Å². The van der Waals surface area contributed by atoms with Gasteiger partial charge >= 0.3 is 0 Å². The first-order valence-electron chi connectivity index (χ1n) is 3.87. The third-order valence-corrected chi connectivity index (χ3v) is 3.00. The summed E-state index contributed by atoms with van der Waals surface area (Å²) >= 11 is -1.09. The van der Waals surface area contributed by atoms with Crippen molar-refractivity contribution in [3.05, 3.63) is 0 Å². The number of hydrogen-bond donors (Lipinski definition) is 0. The summed E-state index contributed by atoms with van der Waals surface area (Å²) in [7, 11) is 1.70. The van der Waals surface area contributed by atoms with Crippen LogP contribution in [0.3, 0.4) is 0 Å². The van der Waals surface area contributed by atoms with Crippen molar-refractivity contribution in [2.45, 2.75) is 32.4 Å². The predicted octanol–water partition coefficient (Wildman–Crippen LogP) is 0.969. The van der Waals surface area contributed by atoms with Crippen molar-refractivity contribution in [2.75, 3.05) is 13.6 Å². The Hall–Kier alpha value is -0.0600. The van der Waals surface area contributed by atoms with E-state index in [1.807, 2.05) is 20.8 Å². The van der Waals surface area contributed by atoms with E-state index in [4.69, 9.17) is 0 Å². The molecule has 0 aromatic heterocycles. The first kappa shape index (κ1) is 11.9. The van der Waals surface area contributed by atoms with Crippen LogP contribution in [0.25, 0.3) is 0 Å². The minimum Gasteiger partial charge on any atom is -0.597 e. The molecular formula is C8H17NO2S. The van der Waals surface area contributed by atoms with Crippen molar-refractivity contribution in [3.8, 4) is 0 Å². The van der Waals surface area contributed by atoms with Gasteiger partial charge in [-0.15, -0.1) is 4.31 Å². The Kier molecular flexibility index (Phi) is 4.23. The van der Waals surface area contributed by atoms with E-state index >= 15 is 0 Å². The average molecular weight is 191 g/mol. The molecule has 0 N–H and O–H groups in total. The normalized spacial score (nSPS) is 14.9. The fraction of sp³-hybridized carbons (Fsp3) is 0.875. The number of nitrogens with zero attached hydrogens (tertiary/aromatic N) is 1. The molecule has 0 aromatic rings. The van der Waals surface area contributed by atoms with E-state index in [0.29, 0.717) is 0 Å². The van der Waals surface area contributed by atoms with Crippen LogP contribution in [0, 0.1) is 0 Å². The Labute approximate surface area is 77.4 Å². The highest BCUT2D eigenvalue weighted by molar-refractivity contribution is 7.90. The quantitative estimate of drug-likeness (QED) is 0.624. The molecule has 0 amide bonds. The molecule has 0 radical (unpaired) electrons. The standard InChI is InChI=1S/C8H17NO2S/c1-7(10)6-9(5)12(11)8(2,3)4/h6H2,1-5H3. The van der Waals surface area contributed by atoms with Gasteiger partial charge in [0.15, 0.2) is 0 Å². The summed E-state index contributed by atoms with van der Waals surface area (Å²) < 4.78 is 12.9. The summed E-state index contributed by atoms with van der Waals surface area (Å²) in [6.07, 6.45) is 0. The highest BCUT2D eigenvalue weighted by atomic mass is 32.2. The molecule has 0 aliphatic rings. The number of likely N-dealkylation sites (N-methyl/N-ethyl adjacent to an activating group) is 1. The van der Waals surface area contributed by atoms with Gasteiger partial charge in [-0.05, 0) is 27.7 Å². The Bertz CT molecular complexity index is 165. The monoisotopic (exact) mass is 191 g/mol. The highest BCUT2D eigenvalue weighted by Gasteiger charge is 2.30. The summed E-state index contributed by atoms with van der Waals surface area (Å²) in [6.45, 7) is 7.42. The third kappa shape index (κ3) is 4.09. The lowest BCUT2D eigenvalue weighted by Gasteiger charge is -2.29. The summed E-state index contributed by atoms with van der Waals surface area (Å²) in [6, 6.07) is 0. The van der Waals surface area contributed by atoms with Crippen LogP contribution in [0.15, 0.2) is 0 Å². The van der Waals surface area contributed by atoms with E-state index in [1.54, 1.807) is 11.4 Å². The number of Topliss-reactive ketones (excluding diaryl/α,β-unsaturated/α-hetero) is 1. The molecule has 0 rings (SSSR count). The molecule has 0 heterocycles. The van der Waals surface area contributed by atoms with E-state index < -0.39 is 11.4 Å². The van der Waals surface area contributed by atoms with Gasteiger partial charge in [0, 0.05) is 18.4 Å². The van der Waals surface area contributed by atoms with E-state index in [-0.39, 0.29) is 17.1 Å². The molecular weight excluding hydrogens is 174 g/mol. The van der Waals surface area contributed by atoms with E-state index in [0.717, 1.165) is 0 Å². The molecule has 0 fully saturated rings. The summed E-state index contributed by atoms with van der Waals surface area (Å²) in [4.78, 5) is 10.7. The molecule has 4 heteroatoms. The van der Waals surface area contributed by atoms with Gasteiger partial charge in [0.2, 0.25) is 0 Å². The molecule has 0 saturated heterocycles. The van der Waals surface area contributed by atoms with Crippen molar-refractivity contribution >= 4 is 17.1 Å². The second-order valence-corrected chi connectivity index (χ2v) is 6.20. The number of rotatable bonds is 3. The van der Waals surface area contributed by atoms with Gasteiger partial charge < -0.3 is 4.55 Å². The molecule has 1 unspecified atom stereocenters. The van der Waals surface area contributed by atoms with Gasteiger partial charge in [0.05, 0.1) is 0 Å². The fourth-order valence-corrected chi connectivity index (χ4v) is 2.07. The highest BCUT2D eigenvalue weighted by Crippen LogP contribution is 2.18. The molecule has 72 valence electrons. The van der Waals surface area contributed by atoms with Crippen molar-refractivity contribution in [1.29, 1.82) is 0 Å². The van der Waals surface area contributed by atoms with Crippen LogP contribution < -0.4 is 0 Å². The molecule has 1 atom stereocenters. The van der Waals surface area contributed by atoms with Crippen molar-refractivity contribution in [1.82, 2.24) is 4.31 Å². The second kappa shape index (κ2) is 4.25. The molecule has 0 aromatic carbocycles. The summed E-state index contributed by atoms with van der Waals surface area (Å²) in [5, 5.41) is 0. The molecule has 0 bridgehead atoms. The van der Waals surface area contributed by atoms with Gasteiger partial charge in [-0.3, -0.25) is 4.79 Å². The third-order valence-electron chi connectivity index (χ3n) is 1.25. The minimum absolute atomic E-state index is 0.0371. The van der Waals surface area contributed by atoms with Gasteiger partial charge in [-0.25, -0.2) is 0 Å². The lowest BCUT2D eigenvalue weighted by atomic mass is 10.3. The zero-order chi connectivity index (χ0) is 9.94. The van der Waals surface area contributed by atoms with Crippen LogP contribution in [-0.4, -0.2) is 33.0 Å². The molecule has 0 aliphatic carbocycles. The van der Waals surface area contributed by atoms with Gasteiger partial charge in [-0.1, -0.05) is 0 Å². The first-order chi connectivity index (χ1) is 5.25. The molecule has 12 heavy (non-hydrogen) atoms. The fourth-order valence-electron chi connectivity index (χ4n) is 0.840. The molecule has 0 spiro atoms. The van der Waals surface area contributed by atoms with Gasteiger partial charge in [-0.2, -0.15) is 0 Å². The topological polar surface area (TPSA) is 43.4 Å². The Morgan fingerprint density at radius 2 is 1.92 bits per heavy atom. The van der Waals surface area contributed by atoms with Crippen LogP contribution in [0.1, 0.15) is 27.7 Å². The summed E-state index contributed by atoms with van der Waals surface area (Å²) in [5.41, 5.74) is 0. The predicted molar refractivity (Wildman–Crippen MR) is 51.2 cm³/mol. The van der Waals surface area contributed by atoms with Crippen molar-refractivity contribution in [2.24, 2.45) is 0 Å². The lowest BCUT2D eigenvalue weighted by molar-refractivity contribution is -0.117. The molecule has 0 saturated carbocycles. The average Bonchev–Trinajstić information content (AvgIpc) is 1.82.